The van der Waals surface area contributed by atoms with Crippen molar-refractivity contribution >= 4 is 27.8 Å². The second kappa shape index (κ2) is 7.98. The number of hydrogen-bond donors (Lipinski definition) is 0. The summed E-state index contributed by atoms with van der Waals surface area (Å²) >= 11 is 3.43. The second-order valence-electron chi connectivity index (χ2n) is 8.10. The molecule has 0 N–H and O–H groups in total. The van der Waals surface area contributed by atoms with Gasteiger partial charge >= 0.3 is 0 Å². The molecule has 0 amide bonds. The molecule has 0 aromatic heterocycles. The van der Waals surface area contributed by atoms with Gasteiger partial charge in [-0.25, -0.2) is 0 Å². The second-order valence-corrected chi connectivity index (χ2v) is 9.02. The molecule has 2 heterocycles. The van der Waals surface area contributed by atoms with Gasteiger partial charge in [0.2, 0.25) is 5.78 Å². The van der Waals surface area contributed by atoms with Crippen molar-refractivity contribution in [2.24, 2.45) is 0 Å². The van der Waals surface area contributed by atoms with Crippen molar-refractivity contribution in [3.8, 4) is 11.5 Å². The van der Waals surface area contributed by atoms with Crippen molar-refractivity contribution in [2.45, 2.75) is 26.9 Å². The number of carbonyl (C=O) groups excluding carboxylic acids is 1. The molecule has 31 heavy (non-hydrogen) atoms. The van der Waals surface area contributed by atoms with Crippen molar-refractivity contribution < 1.29 is 14.3 Å². The van der Waals surface area contributed by atoms with Crippen LogP contribution in [0.15, 0.2) is 64.8 Å². The van der Waals surface area contributed by atoms with E-state index in [1.165, 1.54) is 11.1 Å². The summed E-state index contributed by atoms with van der Waals surface area (Å²) in [6.07, 6.45) is 1.79. The highest BCUT2D eigenvalue weighted by Gasteiger charge is 2.33. The lowest BCUT2D eigenvalue weighted by molar-refractivity contribution is 0.0876. The zero-order valence-corrected chi connectivity index (χ0v) is 19.0. The van der Waals surface area contributed by atoms with E-state index < -0.39 is 0 Å². The molecule has 0 unspecified atom stereocenters. The van der Waals surface area contributed by atoms with Crippen molar-refractivity contribution in [3.05, 3.63) is 98.2 Å². The van der Waals surface area contributed by atoms with Gasteiger partial charge in [0, 0.05) is 28.7 Å². The maximum atomic E-state index is 13.1. The van der Waals surface area contributed by atoms with E-state index in [1.807, 2.05) is 37.3 Å². The van der Waals surface area contributed by atoms with Crippen LogP contribution < -0.4 is 9.47 Å². The van der Waals surface area contributed by atoms with Crippen LogP contribution in [-0.2, 0) is 13.1 Å². The molecule has 4 nitrogen and oxygen atoms in total. The molecule has 0 bridgehead atoms. The quantitative estimate of drug-likeness (QED) is 0.433. The Hall–Kier alpha value is -2.89. The Morgan fingerprint density at radius 1 is 1.03 bits per heavy atom. The summed E-state index contributed by atoms with van der Waals surface area (Å²) in [7, 11) is 0. The first-order valence-electron chi connectivity index (χ1n) is 10.2. The molecule has 0 saturated carbocycles. The van der Waals surface area contributed by atoms with Crippen LogP contribution in [0.1, 0.15) is 38.2 Å². The molecule has 0 fully saturated rings. The third kappa shape index (κ3) is 3.91. The SMILES string of the molecule is Cc1ccc(CN2COc3c(cc4c(c3C)O/C(=C\c3ccc(Br)cc3)C4=O)C2)cc1. The van der Waals surface area contributed by atoms with E-state index >= 15 is 0 Å². The van der Waals surface area contributed by atoms with E-state index in [0.717, 1.165) is 40.0 Å². The van der Waals surface area contributed by atoms with Crippen LogP contribution >= 0.6 is 15.9 Å². The fraction of sp³-hybridized carbons (Fsp3) is 0.192. The minimum Gasteiger partial charge on any atom is -0.477 e. The van der Waals surface area contributed by atoms with Crippen LogP contribution in [-0.4, -0.2) is 17.4 Å². The lowest BCUT2D eigenvalue weighted by atomic mass is 9.99. The Labute approximate surface area is 190 Å². The summed E-state index contributed by atoms with van der Waals surface area (Å²) in [6.45, 7) is 6.09. The lowest BCUT2D eigenvalue weighted by Crippen LogP contribution is -2.32. The molecule has 3 aromatic carbocycles. The maximum Gasteiger partial charge on any atom is 0.231 e. The van der Waals surface area contributed by atoms with E-state index in [1.54, 1.807) is 6.08 Å². The van der Waals surface area contributed by atoms with Crippen molar-refractivity contribution in [3.63, 3.8) is 0 Å². The highest BCUT2D eigenvalue weighted by Crippen LogP contribution is 2.43. The largest absolute Gasteiger partial charge is 0.477 e. The molecule has 0 spiro atoms. The zero-order chi connectivity index (χ0) is 21.5. The predicted octanol–water partition coefficient (Wildman–Crippen LogP) is 6.03. The van der Waals surface area contributed by atoms with E-state index in [2.05, 4.69) is 52.0 Å². The van der Waals surface area contributed by atoms with Crippen LogP contribution in [0.4, 0.5) is 0 Å². The van der Waals surface area contributed by atoms with Gasteiger partial charge < -0.3 is 9.47 Å². The van der Waals surface area contributed by atoms with Gasteiger partial charge in [-0.2, -0.15) is 0 Å². The Balaban J connectivity index is 1.41. The van der Waals surface area contributed by atoms with Crippen LogP contribution in [0.2, 0.25) is 0 Å². The topological polar surface area (TPSA) is 38.8 Å². The standard InChI is InChI=1S/C26H22BrNO3/c1-16-3-5-19(6-4-16)13-28-14-20-12-22-24(29)23(11-18-7-9-21(27)10-8-18)31-26(22)17(2)25(20)30-15-28/h3-12H,13-15H2,1-2H3/b23-11-. The average Bonchev–Trinajstić information content (AvgIpc) is 3.07. The number of allylic oxidation sites excluding steroid dienone is 1. The highest BCUT2D eigenvalue weighted by atomic mass is 79.9. The number of hydrogen-bond acceptors (Lipinski definition) is 4. The van der Waals surface area contributed by atoms with Gasteiger partial charge in [0.05, 0.1) is 5.56 Å². The van der Waals surface area contributed by atoms with E-state index in [4.69, 9.17) is 9.47 Å². The number of nitrogens with zero attached hydrogens (tertiary/aromatic N) is 1. The highest BCUT2D eigenvalue weighted by molar-refractivity contribution is 9.10. The van der Waals surface area contributed by atoms with Crippen molar-refractivity contribution in [1.82, 2.24) is 4.90 Å². The molecule has 2 aliphatic heterocycles. The molecular weight excluding hydrogens is 454 g/mol. The number of rotatable bonds is 3. The predicted molar refractivity (Wildman–Crippen MR) is 124 cm³/mol. The third-order valence-electron chi connectivity index (χ3n) is 5.70. The number of ketones is 1. The first kappa shape index (κ1) is 20.0. The normalized spacial score (nSPS) is 16.6. The number of ether oxygens (including phenoxy) is 2. The smallest absolute Gasteiger partial charge is 0.231 e. The van der Waals surface area contributed by atoms with Gasteiger partial charge in [-0.15, -0.1) is 0 Å². The number of aryl methyl sites for hydroxylation is 1. The molecule has 0 atom stereocenters. The molecule has 0 saturated heterocycles. The fourth-order valence-electron chi connectivity index (χ4n) is 4.06. The molecule has 3 aromatic rings. The summed E-state index contributed by atoms with van der Waals surface area (Å²) in [5.74, 6) is 1.70. The van der Waals surface area contributed by atoms with Crippen LogP contribution in [0, 0.1) is 13.8 Å². The lowest BCUT2D eigenvalue weighted by Gasteiger charge is -2.30. The molecule has 5 heteroatoms. The number of Topliss-reactive ketones (excluding diaryl/α,β-unsaturated/α-hetero) is 1. The van der Waals surface area contributed by atoms with E-state index in [0.29, 0.717) is 23.8 Å². The summed E-state index contributed by atoms with van der Waals surface area (Å²) in [6, 6.07) is 18.3. The molecule has 5 rings (SSSR count). The van der Waals surface area contributed by atoms with Gasteiger partial charge in [0.25, 0.3) is 0 Å². The first-order chi connectivity index (χ1) is 15.0. The van der Waals surface area contributed by atoms with Gasteiger partial charge in [0.15, 0.2) is 5.76 Å². The number of carbonyl (C=O) groups is 1. The first-order valence-corrected chi connectivity index (χ1v) is 11.0. The zero-order valence-electron chi connectivity index (χ0n) is 17.4. The third-order valence-corrected chi connectivity index (χ3v) is 6.23. The van der Waals surface area contributed by atoms with Gasteiger partial charge in [-0.3, -0.25) is 9.69 Å². The van der Waals surface area contributed by atoms with E-state index in [9.17, 15) is 4.79 Å². The van der Waals surface area contributed by atoms with Crippen molar-refractivity contribution in [2.75, 3.05) is 6.73 Å². The van der Waals surface area contributed by atoms with Gasteiger partial charge in [-0.05, 0) is 49.2 Å². The monoisotopic (exact) mass is 475 g/mol. The molecule has 0 radical (unpaired) electrons. The van der Waals surface area contributed by atoms with Crippen LogP contribution in [0.25, 0.3) is 6.08 Å². The minimum atomic E-state index is -0.0838. The molecule has 156 valence electrons. The Morgan fingerprint density at radius 2 is 1.77 bits per heavy atom. The number of fused-ring (bicyclic) bond motifs is 2. The fourth-order valence-corrected chi connectivity index (χ4v) is 4.32. The minimum absolute atomic E-state index is 0.0838. The molecule has 0 aliphatic carbocycles. The van der Waals surface area contributed by atoms with Crippen molar-refractivity contribution in [1.29, 1.82) is 0 Å². The average molecular weight is 476 g/mol. The van der Waals surface area contributed by atoms with Crippen LogP contribution in [0.3, 0.4) is 0 Å². The Kier molecular flexibility index (Phi) is 5.16. The summed E-state index contributed by atoms with van der Waals surface area (Å²) in [5, 5.41) is 0. The van der Waals surface area contributed by atoms with E-state index in [-0.39, 0.29) is 5.78 Å². The summed E-state index contributed by atoms with van der Waals surface area (Å²) in [4.78, 5) is 15.3. The van der Waals surface area contributed by atoms with Gasteiger partial charge in [0.1, 0.15) is 18.2 Å². The molecule has 2 aliphatic rings. The molecular formula is C26H22BrNO3. The summed E-state index contributed by atoms with van der Waals surface area (Å²) in [5.41, 5.74) is 5.93. The van der Waals surface area contributed by atoms with Gasteiger partial charge in [-0.1, -0.05) is 57.9 Å². The maximum absolute atomic E-state index is 13.1. The number of benzene rings is 3. The Morgan fingerprint density at radius 3 is 2.52 bits per heavy atom. The summed E-state index contributed by atoms with van der Waals surface area (Å²) < 4.78 is 13.1. The Bertz CT molecular complexity index is 1200. The number of halogens is 1. The van der Waals surface area contributed by atoms with Crippen LogP contribution in [0.5, 0.6) is 11.5 Å².